The van der Waals surface area contributed by atoms with E-state index in [2.05, 4.69) is 6.58 Å². The van der Waals surface area contributed by atoms with Crippen LogP contribution in [0.5, 0.6) is 0 Å². The predicted molar refractivity (Wildman–Crippen MR) is 116 cm³/mol. The first kappa shape index (κ1) is 28.3. The molecule has 0 spiro atoms. The molecule has 9 nitrogen and oxygen atoms in total. The predicted octanol–water partition coefficient (Wildman–Crippen LogP) is 1.64. The van der Waals surface area contributed by atoms with Crippen LogP contribution in [-0.4, -0.2) is 77.8 Å². The van der Waals surface area contributed by atoms with E-state index >= 15 is 0 Å². The maximum Gasteiger partial charge on any atom is 0.309 e. The summed E-state index contributed by atoms with van der Waals surface area (Å²) in [5.41, 5.74) is 1.87. The van der Waals surface area contributed by atoms with Crippen molar-refractivity contribution in [3.63, 3.8) is 0 Å². The van der Waals surface area contributed by atoms with Crippen LogP contribution in [0, 0.1) is 5.92 Å². The molecule has 1 aliphatic heterocycles. The molecule has 1 heterocycles. The van der Waals surface area contributed by atoms with Gasteiger partial charge in [-0.25, -0.2) is 0 Å². The fourth-order valence-corrected chi connectivity index (χ4v) is 2.99. The van der Waals surface area contributed by atoms with Crippen LogP contribution in [0.1, 0.15) is 53.4 Å². The van der Waals surface area contributed by atoms with Crippen LogP contribution in [0.2, 0.25) is 0 Å². The number of esters is 2. The molecule has 1 rings (SSSR count). The molecule has 0 bridgehead atoms. The third-order valence-corrected chi connectivity index (χ3v) is 5.32. The van der Waals surface area contributed by atoms with E-state index in [1.807, 2.05) is 19.9 Å². The van der Waals surface area contributed by atoms with Crippen molar-refractivity contribution in [2.24, 2.45) is 5.92 Å². The lowest BCUT2D eigenvalue weighted by atomic mass is 9.98. The molecular weight excluding hydrogens is 420 g/mol. The summed E-state index contributed by atoms with van der Waals surface area (Å²) in [6, 6.07) is 0. The summed E-state index contributed by atoms with van der Waals surface area (Å²) < 4.78 is 21.3. The van der Waals surface area contributed by atoms with Crippen molar-refractivity contribution in [1.29, 1.82) is 0 Å². The lowest BCUT2D eigenvalue weighted by molar-refractivity contribution is -0.303. The number of allylic oxidation sites excluding steroid dienone is 1. The van der Waals surface area contributed by atoms with Gasteiger partial charge in [-0.15, -0.1) is 0 Å². The smallest absolute Gasteiger partial charge is 0.309 e. The zero-order valence-corrected chi connectivity index (χ0v) is 19.5. The molecule has 1 aliphatic rings. The molecule has 3 N–H and O–H groups in total. The van der Waals surface area contributed by atoms with E-state index in [0.717, 1.165) is 17.6 Å². The van der Waals surface area contributed by atoms with Crippen LogP contribution in [-0.2, 0) is 28.5 Å². The van der Waals surface area contributed by atoms with Crippen LogP contribution in [0.3, 0.4) is 0 Å². The van der Waals surface area contributed by atoms with Gasteiger partial charge in [-0.05, 0) is 38.2 Å². The lowest BCUT2D eigenvalue weighted by Gasteiger charge is -2.41. The number of aliphatic hydroxyl groups excluding tert-OH is 3. The molecule has 0 aromatic carbocycles. The molecule has 0 amide bonds. The highest BCUT2D eigenvalue weighted by Crippen LogP contribution is 2.26. The maximum atomic E-state index is 12.1. The van der Waals surface area contributed by atoms with E-state index in [-0.39, 0.29) is 25.1 Å². The standard InChI is InChI=1S/C23H38O9/c1-6-16(4)22(28)32-21-19(26)18(12-24)31-23(20(21)27)29-11-10-14(2)8-7-9-15(3)13-30-17(5)25/h9,16,18-21,23-24,26-27H,2,6-8,10-13H2,1,3-5H3. The number of ether oxygens (including phenoxy) is 4. The average molecular weight is 459 g/mol. The summed E-state index contributed by atoms with van der Waals surface area (Å²) >= 11 is 0. The lowest BCUT2D eigenvalue weighted by Crippen LogP contribution is -2.60. The van der Waals surface area contributed by atoms with Crippen molar-refractivity contribution in [3.8, 4) is 0 Å². The summed E-state index contributed by atoms with van der Waals surface area (Å²) in [7, 11) is 0. The number of hydrogen-bond acceptors (Lipinski definition) is 9. The number of hydrogen-bond donors (Lipinski definition) is 3. The van der Waals surface area contributed by atoms with E-state index in [9.17, 15) is 24.9 Å². The third-order valence-electron chi connectivity index (χ3n) is 5.32. The zero-order chi connectivity index (χ0) is 24.3. The van der Waals surface area contributed by atoms with Crippen LogP contribution in [0.25, 0.3) is 0 Å². The van der Waals surface area contributed by atoms with Gasteiger partial charge in [-0.2, -0.15) is 0 Å². The van der Waals surface area contributed by atoms with Gasteiger partial charge >= 0.3 is 11.9 Å². The monoisotopic (exact) mass is 458 g/mol. The van der Waals surface area contributed by atoms with Gasteiger partial charge in [0.25, 0.3) is 0 Å². The highest BCUT2D eigenvalue weighted by molar-refractivity contribution is 5.72. The summed E-state index contributed by atoms with van der Waals surface area (Å²) in [5, 5.41) is 30.3. The normalized spacial score (nSPS) is 27.0. The van der Waals surface area contributed by atoms with Gasteiger partial charge in [0.1, 0.15) is 24.9 Å². The SMILES string of the molecule is C=C(CCC=C(C)COC(C)=O)CCOC1OC(CO)C(O)C(OC(=O)C(C)CC)C1O. The Kier molecular flexibility index (Phi) is 12.7. The van der Waals surface area contributed by atoms with Crippen molar-refractivity contribution in [3.05, 3.63) is 23.8 Å². The van der Waals surface area contributed by atoms with E-state index < -0.39 is 43.3 Å². The van der Waals surface area contributed by atoms with Gasteiger partial charge in [0.2, 0.25) is 0 Å². The van der Waals surface area contributed by atoms with Crippen LogP contribution in [0.15, 0.2) is 23.8 Å². The molecule has 1 saturated heterocycles. The first-order valence-corrected chi connectivity index (χ1v) is 11.0. The minimum absolute atomic E-state index is 0.191. The van der Waals surface area contributed by atoms with E-state index in [0.29, 0.717) is 19.3 Å². The molecule has 184 valence electrons. The maximum absolute atomic E-state index is 12.1. The molecular formula is C23H38O9. The topological polar surface area (TPSA) is 132 Å². The molecule has 0 radical (unpaired) electrons. The van der Waals surface area contributed by atoms with Crippen molar-refractivity contribution < 1.29 is 43.9 Å². The van der Waals surface area contributed by atoms with Gasteiger partial charge in [0.15, 0.2) is 12.4 Å². The first-order valence-electron chi connectivity index (χ1n) is 11.0. The van der Waals surface area contributed by atoms with Crippen molar-refractivity contribution in [1.82, 2.24) is 0 Å². The largest absolute Gasteiger partial charge is 0.461 e. The number of aliphatic hydroxyl groups is 3. The van der Waals surface area contributed by atoms with Gasteiger partial charge in [0, 0.05) is 6.92 Å². The van der Waals surface area contributed by atoms with Crippen LogP contribution < -0.4 is 0 Å². The van der Waals surface area contributed by atoms with Crippen molar-refractivity contribution in [2.45, 2.75) is 84.1 Å². The Balaban J connectivity index is 2.52. The molecule has 0 aromatic rings. The quantitative estimate of drug-likeness (QED) is 0.278. The van der Waals surface area contributed by atoms with Crippen LogP contribution >= 0.6 is 0 Å². The van der Waals surface area contributed by atoms with Crippen molar-refractivity contribution in [2.75, 3.05) is 19.8 Å². The van der Waals surface area contributed by atoms with Gasteiger partial charge in [0.05, 0.1) is 19.1 Å². The number of carbonyl (C=O) groups excluding carboxylic acids is 2. The first-order chi connectivity index (χ1) is 15.1. The second-order valence-electron chi connectivity index (χ2n) is 8.16. The van der Waals surface area contributed by atoms with E-state index in [4.69, 9.17) is 18.9 Å². The van der Waals surface area contributed by atoms with Gasteiger partial charge < -0.3 is 34.3 Å². The summed E-state index contributed by atoms with van der Waals surface area (Å²) in [5.74, 6) is -1.25. The molecule has 0 saturated carbocycles. The summed E-state index contributed by atoms with van der Waals surface area (Å²) in [4.78, 5) is 22.9. The van der Waals surface area contributed by atoms with E-state index in [1.54, 1.807) is 6.92 Å². The Bertz CT molecular complexity index is 645. The molecule has 0 aromatic heterocycles. The minimum atomic E-state index is -1.40. The molecule has 9 heteroatoms. The van der Waals surface area contributed by atoms with E-state index in [1.165, 1.54) is 6.92 Å². The number of rotatable bonds is 13. The van der Waals surface area contributed by atoms with Gasteiger partial charge in [-0.1, -0.05) is 32.1 Å². The highest BCUT2D eigenvalue weighted by atomic mass is 16.7. The van der Waals surface area contributed by atoms with Crippen LogP contribution in [0.4, 0.5) is 0 Å². The highest BCUT2D eigenvalue weighted by Gasteiger charge is 2.47. The Morgan fingerprint density at radius 1 is 1.19 bits per heavy atom. The van der Waals surface area contributed by atoms with Gasteiger partial charge in [-0.3, -0.25) is 9.59 Å². The Labute approximate surface area is 190 Å². The molecule has 0 aliphatic carbocycles. The summed E-state index contributed by atoms with van der Waals surface area (Å²) in [6.07, 6.45) is -1.77. The molecule has 1 fully saturated rings. The second-order valence-corrected chi connectivity index (χ2v) is 8.16. The summed E-state index contributed by atoms with van der Waals surface area (Å²) in [6.45, 7) is 10.7. The fraction of sp³-hybridized carbons (Fsp3) is 0.739. The number of carbonyl (C=O) groups is 2. The Morgan fingerprint density at radius 3 is 2.47 bits per heavy atom. The Hall–Kier alpha value is -1.78. The zero-order valence-electron chi connectivity index (χ0n) is 19.5. The molecule has 6 unspecified atom stereocenters. The minimum Gasteiger partial charge on any atom is -0.461 e. The second kappa shape index (κ2) is 14.4. The van der Waals surface area contributed by atoms with Crippen molar-refractivity contribution >= 4 is 11.9 Å². The average Bonchev–Trinajstić information content (AvgIpc) is 2.75. The third kappa shape index (κ3) is 9.38. The molecule has 6 atom stereocenters. The molecule has 32 heavy (non-hydrogen) atoms. The fourth-order valence-electron chi connectivity index (χ4n) is 2.99. The Morgan fingerprint density at radius 2 is 1.88 bits per heavy atom.